The normalized spacial score (nSPS) is 9.95. The number of nitrogens with two attached hydrogens (primary N) is 1. The zero-order valence-electron chi connectivity index (χ0n) is 9.86. The Morgan fingerprint density at radius 3 is 2.42 bits per heavy atom. The fraction of sp³-hybridized carbons (Fsp3) is 0.0714. The first-order valence-corrected chi connectivity index (χ1v) is 6.22. The molecule has 96 valence electrons. The average molecular weight is 293 g/mol. The van der Waals surface area contributed by atoms with E-state index in [0.29, 0.717) is 33.7 Å². The number of anilines is 1. The van der Waals surface area contributed by atoms with Gasteiger partial charge in [0.15, 0.2) is 5.75 Å². The number of halogens is 2. The molecule has 0 bridgehead atoms. The second-order valence-electron chi connectivity index (χ2n) is 3.90. The molecule has 19 heavy (non-hydrogen) atoms. The van der Waals surface area contributed by atoms with Gasteiger partial charge in [0, 0.05) is 5.02 Å². The molecule has 0 spiro atoms. The van der Waals surface area contributed by atoms with E-state index in [1.165, 1.54) is 0 Å². The van der Waals surface area contributed by atoms with Crippen LogP contribution < -0.4 is 10.5 Å². The highest BCUT2D eigenvalue weighted by molar-refractivity contribution is 6.36. The van der Waals surface area contributed by atoms with Crippen molar-refractivity contribution in [2.75, 3.05) is 5.73 Å². The minimum Gasteiger partial charge on any atom is -0.485 e. The smallest absolute Gasteiger partial charge is 0.161 e. The van der Waals surface area contributed by atoms with E-state index >= 15 is 0 Å². The molecule has 0 aromatic heterocycles. The molecule has 2 N–H and O–H groups in total. The molecule has 0 radical (unpaired) electrons. The minimum absolute atomic E-state index is 0.317. The molecule has 0 saturated carbocycles. The van der Waals surface area contributed by atoms with E-state index in [4.69, 9.17) is 38.9 Å². The lowest BCUT2D eigenvalue weighted by Gasteiger charge is -2.11. The molecular formula is C14H10Cl2N2O. The van der Waals surface area contributed by atoms with Crippen LogP contribution in [0.2, 0.25) is 10.0 Å². The zero-order valence-corrected chi connectivity index (χ0v) is 11.4. The summed E-state index contributed by atoms with van der Waals surface area (Å²) < 4.78 is 5.58. The maximum atomic E-state index is 8.71. The number of nitrogen functional groups attached to an aromatic ring is 1. The maximum Gasteiger partial charge on any atom is 0.161 e. The lowest BCUT2D eigenvalue weighted by Crippen LogP contribution is -1.99. The number of nitrogens with zero attached hydrogens (tertiary/aromatic N) is 1. The second kappa shape index (κ2) is 5.83. The van der Waals surface area contributed by atoms with Gasteiger partial charge < -0.3 is 10.5 Å². The molecule has 2 aromatic rings. The molecule has 2 aromatic carbocycles. The Bertz CT molecular complexity index is 610. The topological polar surface area (TPSA) is 59.0 Å². The average Bonchev–Trinajstić information content (AvgIpc) is 2.38. The molecule has 5 heteroatoms. The van der Waals surface area contributed by atoms with E-state index in [1.54, 1.807) is 24.3 Å². The van der Waals surface area contributed by atoms with Gasteiger partial charge in [-0.25, -0.2) is 0 Å². The lowest BCUT2D eigenvalue weighted by atomic mass is 10.1. The van der Waals surface area contributed by atoms with Crippen molar-refractivity contribution in [1.82, 2.24) is 0 Å². The summed E-state index contributed by atoms with van der Waals surface area (Å²) in [4.78, 5) is 0. The largest absolute Gasteiger partial charge is 0.485 e. The monoisotopic (exact) mass is 292 g/mol. The van der Waals surface area contributed by atoms with E-state index in [1.807, 2.05) is 12.1 Å². The Hall–Kier alpha value is -1.89. The summed E-state index contributed by atoms with van der Waals surface area (Å²) in [6.07, 6.45) is 0. The molecule has 0 atom stereocenters. The van der Waals surface area contributed by atoms with Crippen LogP contribution in [-0.2, 0) is 6.61 Å². The van der Waals surface area contributed by atoms with E-state index in [2.05, 4.69) is 6.07 Å². The fourth-order valence-corrected chi connectivity index (χ4v) is 2.13. The number of hydrogen-bond donors (Lipinski definition) is 1. The first-order valence-electron chi connectivity index (χ1n) is 5.46. The van der Waals surface area contributed by atoms with Crippen molar-refractivity contribution in [3.05, 3.63) is 57.6 Å². The number of ether oxygens (including phenoxy) is 1. The molecule has 0 unspecified atom stereocenters. The highest BCUT2D eigenvalue weighted by Crippen LogP contribution is 2.34. The van der Waals surface area contributed by atoms with E-state index < -0.39 is 0 Å². The van der Waals surface area contributed by atoms with Crippen LogP contribution in [0.25, 0.3) is 0 Å². The summed E-state index contributed by atoms with van der Waals surface area (Å²) in [5, 5.41) is 9.55. The predicted octanol–water partition coefficient (Wildman–Crippen LogP) is 4.03. The number of benzene rings is 2. The third-order valence-electron chi connectivity index (χ3n) is 2.50. The Morgan fingerprint density at radius 2 is 1.84 bits per heavy atom. The van der Waals surface area contributed by atoms with Crippen molar-refractivity contribution in [3.63, 3.8) is 0 Å². The molecule has 3 nitrogen and oxygen atoms in total. The Kier molecular flexibility index (Phi) is 4.16. The van der Waals surface area contributed by atoms with Crippen molar-refractivity contribution in [2.24, 2.45) is 0 Å². The third-order valence-corrected chi connectivity index (χ3v) is 3.00. The molecule has 2 rings (SSSR count). The summed E-state index contributed by atoms with van der Waals surface area (Å²) in [6.45, 7) is 0.317. The van der Waals surface area contributed by atoms with E-state index in [9.17, 15) is 0 Å². The summed E-state index contributed by atoms with van der Waals surface area (Å²) >= 11 is 11.8. The van der Waals surface area contributed by atoms with Gasteiger partial charge in [-0.05, 0) is 29.8 Å². The molecule has 0 amide bonds. The first-order chi connectivity index (χ1) is 9.10. The quantitative estimate of drug-likeness (QED) is 0.869. The first kappa shape index (κ1) is 13.5. The van der Waals surface area contributed by atoms with Crippen molar-refractivity contribution >= 4 is 28.9 Å². The van der Waals surface area contributed by atoms with Crippen LogP contribution in [0.15, 0.2) is 36.4 Å². The van der Waals surface area contributed by atoms with Crippen LogP contribution >= 0.6 is 23.2 Å². The molecule has 0 aliphatic heterocycles. The van der Waals surface area contributed by atoms with E-state index in [0.717, 1.165) is 5.56 Å². The van der Waals surface area contributed by atoms with Gasteiger partial charge in [0.2, 0.25) is 0 Å². The van der Waals surface area contributed by atoms with Crippen LogP contribution in [0.5, 0.6) is 5.75 Å². The summed E-state index contributed by atoms with van der Waals surface area (Å²) in [5.74, 6) is 0.412. The lowest BCUT2D eigenvalue weighted by molar-refractivity contribution is 0.308. The fourth-order valence-electron chi connectivity index (χ4n) is 1.56. The summed E-state index contributed by atoms with van der Waals surface area (Å²) in [7, 11) is 0. The van der Waals surface area contributed by atoms with Crippen molar-refractivity contribution in [2.45, 2.75) is 6.61 Å². The third kappa shape index (κ3) is 3.31. The zero-order chi connectivity index (χ0) is 13.8. The highest BCUT2D eigenvalue weighted by Gasteiger charge is 2.08. The Morgan fingerprint density at radius 1 is 1.16 bits per heavy atom. The molecule has 0 heterocycles. The van der Waals surface area contributed by atoms with Crippen molar-refractivity contribution in [1.29, 1.82) is 5.26 Å². The molecule has 0 aliphatic carbocycles. The van der Waals surface area contributed by atoms with Gasteiger partial charge in [0.25, 0.3) is 0 Å². The van der Waals surface area contributed by atoms with Crippen molar-refractivity contribution < 1.29 is 4.74 Å². The number of hydrogen-bond acceptors (Lipinski definition) is 3. The standard InChI is InChI=1S/C14H10Cl2N2O/c15-11-5-12(16)14(13(18)6-11)19-8-10-3-1-9(7-17)2-4-10/h1-6H,8,18H2. The van der Waals surface area contributed by atoms with Crippen LogP contribution in [0.1, 0.15) is 11.1 Å². The van der Waals surface area contributed by atoms with Crippen LogP contribution in [-0.4, -0.2) is 0 Å². The summed E-state index contributed by atoms with van der Waals surface area (Å²) in [5.41, 5.74) is 7.71. The SMILES string of the molecule is N#Cc1ccc(COc2c(N)cc(Cl)cc2Cl)cc1. The van der Waals surface area contributed by atoms with Gasteiger partial charge in [-0.15, -0.1) is 0 Å². The van der Waals surface area contributed by atoms with Gasteiger partial charge in [-0.3, -0.25) is 0 Å². The number of nitriles is 1. The van der Waals surface area contributed by atoms with Crippen LogP contribution in [0.4, 0.5) is 5.69 Å². The van der Waals surface area contributed by atoms with Gasteiger partial charge in [0.05, 0.1) is 22.3 Å². The summed E-state index contributed by atoms with van der Waals surface area (Å²) in [6, 6.07) is 12.3. The Labute approximate surface area is 121 Å². The Balaban J connectivity index is 2.12. The van der Waals surface area contributed by atoms with Crippen LogP contribution in [0.3, 0.4) is 0 Å². The van der Waals surface area contributed by atoms with Crippen molar-refractivity contribution in [3.8, 4) is 11.8 Å². The van der Waals surface area contributed by atoms with Crippen LogP contribution in [0, 0.1) is 11.3 Å². The number of rotatable bonds is 3. The second-order valence-corrected chi connectivity index (χ2v) is 4.75. The molecule has 0 saturated heterocycles. The van der Waals surface area contributed by atoms with Gasteiger partial charge >= 0.3 is 0 Å². The predicted molar refractivity (Wildman–Crippen MR) is 76.4 cm³/mol. The van der Waals surface area contributed by atoms with Gasteiger partial charge in [-0.2, -0.15) is 5.26 Å². The molecule has 0 aliphatic rings. The molecule has 0 fully saturated rings. The highest BCUT2D eigenvalue weighted by atomic mass is 35.5. The van der Waals surface area contributed by atoms with Gasteiger partial charge in [-0.1, -0.05) is 35.3 Å². The van der Waals surface area contributed by atoms with E-state index in [-0.39, 0.29) is 0 Å². The minimum atomic E-state index is 0.317. The van der Waals surface area contributed by atoms with Gasteiger partial charge in [0.1, 0.15) is 6.61 Å². The molecular weight excluding hydrogens is 283 g/mol. The maximum absolute atomic E-state index is 8.71.